The Kier molecular flexibility index (Phi) is 4.38. The quantitative estimate of drug-likeness (QED) is 0.902. The molecular formula is C13H16FN3S. The van der Waals surface area contributed by atoms with Crippen molar-refractivity contribution in [2.45, 2.75) is 26.3 Å². The van der Waals surface area contributed by atoms with Gasteiger partial charge in [0.1, 0.15) is 5.82 Å². The van der Waals surface area contributed by atoms with Gasteiger partial charge < -0.3 is 5.32 Å². The van der Waals surface area contributed by atoms with Gasteiger partial charge in [-0.2, -0.15) is 8.75 Å². The van der Waals surface area contributed by atoms with Gasteiger partial charge in [-0.1, -0.05) is 19.1 Å². The Morgan fingerprint density at radius 2 is 2.28 bits per heavy atom. The minimum Gasteiger partial charge on any atom is -0.305 e. The first-order valence-corrected chi connectivity index (χ1v) is 6.72. The fourth-order valence-electron chi connectivity index (χ4n) is 1.83. The van der Waals surface area contributed by atoms with Gasteiger partial charge in [-0.3, -0.25) is 0 Å². The predicted octanol–water partition coefficient (Wildman–Crippen LogP) is 3.07. The number of nitrogens with one attached hydrogen (secondary N) is 1. The summed E-state index contributed by atoms with van der Waals surface area (Å²) in [5.41, 5.74) is 2.56. The van der Waals surface area contributed by atoms with Gasteiger partial charge in [-0.25, -0.2) is 4.39 Å². The van der Waals surface area contributed by atoms with Gasteiger partial charge in [0.25, 0.3) is 0 Å². The molecule has 0 aliphatic carbocycles. The van der Waals surface area contributed by atoms with Crippen molar-refractivity contribution in [1.82, 2.24) is 14.1 Å². The fourth-order valence-corrected chi connectivity index (χ4v) is 2.28. The van der Waals surface area contributed by atoms with E-state index in [-0.39, 0.29) is 11.9 Å². The van der Waals surface area contributed by atoms with Crippen molar-refractivity contribution in [3.8, 4) is 0 Å². The first-order chi connectivity index (χ1) is 8.72. The molecule has 96 valence electrons. The van der Waals surface area contributed by atoms with Crippen LogP contribution in [-0.4, -0.2) is 15.3 Å². The molecule has 0 saturated carbocycles. The molecule has 0 amide bonds. The predicted molar refractivity (Wildman–Crippen MR) is 71.2 cm³/mol. The minimum atomic E-state index is -0.176. The SMILES string of the molecule is CCCNC(c1ccc(F)c(C)c1)c1cnsn1. The number of halogens is 1. The second kappa shape index (κ2) is 6.02. The molecule has 18 heavy (non-hydrogen) atoms. The Morgan fingerprint density at radius 1 is 1.44 bits per heavy atom. The van der Waals surface area contributed by atoms with Gasteiger partial charge in [-0.15, -0.1) is 0 Å². The molecule has 3 nitrogen and oxygen atoms in total. The summed E-state index contributed by atoms with van der Waals surface area (Å²) in [4.78, 5) is 0. The molecule has 0 saturated heterocycles. The van der Waals surface area contributed by atoms with Crippen LogP contribution in [0, 0.1) is 12.7 Å². The third kappa shape index (κ3) is 2.91. The van der Waals surface area contributed by atoms with E-state index in [2.05, 4.69) is 21.0 Å². The molecule has 1 atom stereocenters. The van der Waals surface area contributed by atoms with Crippen molar-refractivity contribution < 1.29 is 4.39 Å². The monoisotopic (exact) mass is 265 g/mol. The van der Waals surface area contributed by atoms with Crippen molar-refractivity contribution in [3.63, 3.8) is 0 Å². The van der Waals surface area contributed by atoms with E-state index in [4.69, 9.17) is 0 Å². The largest absolute Gasteiger partial charge is 0.305 e. The number of hydrogen-bond donors (Lipinski definition) is 1. The number of aryl methyl sites for hydroxylation is 1. The molecule has 0 aliphatic heterocycles. The number of nitrogens with zero attached hydrogens (tertiary/aromatic N) is 2. The molecule has 0 bridgehead atoms. The highest BCUT2D eigenvalue weighted by molar-refractivity contribution is 6.99. The van der Waals surface area contributed by atoms with Crippen molar-refractivity contribution >= 4 is 11.7 Å². The zero-order valence-corrected chi connectivity index (χ0v) is 11.3. The van der Waals surface area contributed by atoms with E-state index in [1.54, 1.807) is 19.2 Å². The second-order valence-electron chi connectivity index (χ2n) is 4.23. The van der Waals surface area contributed by atoms with E-state index in [9.17, 15) is 4.39 Å². The Bertz CT molecular complexity index is 499. The van der Waals surface area contributed by atoms with Crippen LogP contribution in [0.15, 0.2) is 24.4 Å². The lowest BCUT2D eigenvalue weighted by Crippen LogP contribution is -2.23. The Balaban J connectivity index is 2.30. The van der Waals surface area contributed by atoms with Crippen molar-refractivity contribution in [3.05, 3.63) is 47.0 Å². The molecule has 1 heterocycles. The molecule has 0 fully saturated rings. The smallest absolute Gasteiger partial charge is 0.126 e. The second-order valence-corrected chi connectivity index (χ2v) is 4.78. The Labute approximate surface area is 110 Å². The average molecular weight is 265 g/mol. The highest BCUT2D eigenvalue weighted by atomic mass is 32.1. The van der Waals surface area contributed by atoms with Gasteiger partial charge in [-0.05, 0) is 37.1 Å². The average Bonchev–Trinajstić information content (AvgIpc) is 2.88. The van der Waals surface area contributed by atoms with Crippen molar-refractivity contribution in [2.75, 3.05) is 6.54 Å². The van der Waals surface area contributed by atoms with Gasteiger partial charge >= 0.3 is 0 Å². The third-order valence-electron chi connectivity index (χ3n) is 2.79. The molecule has 1 N–H and O–H groups in total. The topological polar surface area (TPSA) is 37.8 Å². The van der Waals surface area contributed by atoms with Gasteiger partial charge in [0.05, 0.1) is 29.7 Å². The zero-order valence-electron chi connectivity index (χ0n) is 10.5. The Morgan fingerprint density at radius 3 is 2.89 bits per heavy atom. The molecule has 1 aromatic heterocycles. The van der Waals surface area contributed by atoms with Crippen LogP contribution in [0.4, 0.5) is 4.39 Å². The van der Waals surface area contributed by atoms with Crippen LogP contribution in [0.3, 0.4) is 0 Å². The van der Waals surface area contributed by atoms with Crippen LogP contribution in [-0.2, 0) is 0 Å². The van der Waals surface area contributed by atoms with E-state index in [1.807, 2.05) is 6.07 Å². The lowest BCUT2D eigenvalue weighted by molar-refractivity contribution is 0.583. The van der Waals surface area contributed by atoms with Crippen molar-refractivity contribution in [1.29, 1.82) is 0 Å². The molecule has 2 aromatic rings. The normalized spacial score (nSPS) is 12.6. The number of hydrogen-bond acceptors (Lipinski definition) is 4. The maximum absolute atomic E-state index is 13.3. The lowest BCUT2D eigenvalue weighted by Gasteiger charge is -2.17. The first kappa shape index (κ1) is 13.1. The van der Waals surface area contributed by atoms with Gasteiger partial charge in [0.15, 0.2) is 0 Å². The fraction of sp³-hybridized carbons (Fsp3) is 0.385. The molecule has 0 spiro atoms. The molecule has 5 heteroatoms. The summed E-state index contributed by atoms with van der Waals surface area (Å²) in [6.45, 7) is 4.77. The number of aromatic nitrogens is 2. The highest BCUT2D eigenvalue weighted by Crippen LogP contribution is 2.22. The van der Waals surface area contributed by atoms with E-state index in [0.29, 0.717) is 5.56 Å². The van der Waals surface area contributed by atoms with E-state index in [1.165, 1.54) is 17.8 Å². The van der Waals surface area contributed by atoms with Crippen LogP contribution < -0.4 is 5.32 Å². The van der Waals surface area contributed by atoms with Crippen LogP contribution in [0.25, 0.3) is 0 Å². The lowest BCUT2D eigenvalue weighted by atomic mass is 10.0. The molecule has 1 unspecified atom stereocenters. The maximum atomic E-state index is 13.3. The summed E-state index contributed by atoms with van der Waals surface area (Å²) in [7, 11) is 0. The third-order valence-corrected chi connectivity index (χ3v) is 3.28. The Hall–Kier alpha value is -1.33. The molecular weight excluding hydrogens is 249 g/mol. The zero-order chi connectivity index (χ0) is 13.0. The molecule has 0 radical (unpaired) electrons. The minimum absolute atomic E-state index is 0.0111. The van der Waals surface area contributed by atoms with Crippen molar-refractivity contribution in [2.24, 2.45) is 0 Å². The summed E-state index contributed by atoms with van der Waals surface area (Å²) < 4.78 is 21.6. The standard InChI is InChI=1S/C13H16FN3S/c1-3-6-15-13(12-8-16-18-17-12)10-4-5-11(14)9(2)7-10/h4-5,7-8,13,15H,3,6H2,1-2H3. The number of rotatable bonds is 5. The highest BCUT2D eigenvalue weighted by Gasteiger charge is 2.16. The van der Waals surface area contributed by atoms with Gasteiger partial charge in [0, 0.05) is 0 Å². The van der Waals surface area contributed by atoms with E-state index in [0.717, 1.165) is 24.2 Å². The summed E-state index contributed by atoms with van der Waals surface area (Å²) in [5, 5.41) is 3.42. The molecule has 2 rings (SSSR count). The summed E-state index contributed by atoms with van der Waals surface area (Å²) in [6.07, 6.45) is 2.80. The van der Waals surface area contributed by atoms with Gasteiger partial charge in [0.2, 0.25) is 0 Å². The van der Waals surface area contributed by atoms with Crippen LogP contribution in [0.5, 0.6) is 0 Å². The maximum Gasteiger partial charge on any atom is 0.126 e. The summed E-state index contributed by atoms with van der Waals surface area (Å²) in [6, 6.07) is 5.16. The summed E-state index contributed by atoms with van der Waals surface area (Å²) in [5.74, 6) is -0.176. The van der Waals surface area contributed by atoms with Crippen LogP contribution >= 0.6 is 11.7 Å². The van der Waals surface area contributed by atoms with Crippen LogP contribution in [0.2, 0.25) is 0 Å². The van der Waals surface area contributed by atoms with Crippen LogP contribution in [0.1, 0.15) is 36.2 Å². The number of benzene rings is 1. The van der Waals surface area contributed by atoms with E-state index < -0.39 is 0 Å². The van der Waals surface area contributed by atoms with E-state index >= 15 is 0 Å². The first-order valence-electron chi connectivity index (χ1n) is 5.99. The molecule has 0 aliphatic rings. The summed E-state index contributed by atoms with van der Waals surface area (Å²) >= 11 is 1.19. The molecule has 1 aromatic carbocycles.